The van der Waals surface area contributed by atoms with Crippen LogP contribution in [0.3, 0.4) is 0 Å². The Morgan fingerprint density at radius 1 is 1.25 bits per heavy atom. The average Bonchev–Trinajstić information content (AvgIpc) is 2.33. The Bertz CT molecular complexity index is 557. The summed E-state index contributed by atoms with van der Waals surface area (Å²) in [7, 11) is 0. The summed E-state index contributed by atoms with van der Waals surface area (Å²) >= 11 is 0. The van der Waals surface area contributed by atoms with Crippen LogP contribution in [0.5, 0.6) is 0 Å². The molecule has 1 unspecified atom stereocenters. The van der Waals surface area contributed by atoms with E-state index in [1.54, 1.807) is 0 Å². The molecule has 6 heteroatoms. The number of nitrogens with zero attached hydrogens (tertiary/aromatic N) is 1. The highest BCUT2D eigenvalue weighted by Gasteiger charge is 2.18. The summed E-state index contributed by atoms with van der Waals surface area (Å²) in [5.41, 5.74) is 5.41. The van der Waals surface area contributed by atoms with Crippen molar-refractivity contribution in [1.29, 1.82) is 0 Å². The Morgan fingerprint density at radius 2 is 1.85 bits per heavy atom. The molecule has 4 N–H and O–H groups in total. The number of aromatic nitrogens is 2. The van der Waals surface area contributed by atoms with Gasteiger partial charge in [0.25, 0.3) is 5.56 Å². The van der Waals surface area contributed by atoms with Crippen molar-refractivity contribution in [3.8, 4) is 0 Å². The van der Waals surface area contributed by atoms with Crippen LogP contribution in [0.25, 0.3) is 0 Å². The van der Waals surface area contributed by atoms with Crippen molar-refractivity contribution in [2.24, 2.45) is 11.8 Å². The minimum atomic E-state index is -0.454. The van der Waals surface area contributed by atoms with Crippen LogP contribution in [0.15, 0.2) is 9.59 Å². The van der Waals surface area contributed by atoms with E-state index in [2.05, 4.69) is 24.1 Å². The first kappa shape index (κ1) is 16.3. The first-order valence-electron chi connectivity index (χ1n) is 7.17. The molecule has 0 spiro atoms. The highest BCUT2D eigenvalue weighted by Crippen LogP contribution is 2.17. The molecule has 0 saturated heterocycles. The Balaban J connectivity index is 3.26. The van der Waals surface area contributed by atoms with E-state index in [0.717, 1.165) is 6.42 Å². The quantitative estimate of drug-likeness (QED) is 0.739. The fourth-order valence-corrected chi connectivity index (χ4v) is 2.20. The predicted molar refractivity (Wildman–Crippen MR) is 83.1 cm³/mol. The van der Waals surface area contributed by atoms with E-state index in [9.17, 15) is 9.59 Å². The molecule has 0 saturated carbocycles. The van der Waals surface area contributed by atoms with Crippen LogP contribution in [-0.2, 0) is 6.54 Å². The van der Waals surface area contributed by atoms with E-state index in [0.29, 0.717) is 18.2 Å². The molecule has 20 heavy (non-hydrogen) atoms. The van der Waals surface area contributed by atoms with Crippen LogP contribution in [-0.4, -0.2) is 15.6 Å². The van der Waals surface area contributed by atoms with Crippen molar-refractivity contribution in [2.75, 3.05) is 11.1 Å². The molecule has 114 valence electrons. The maximum Gasteiger partial charge on any atom is 0.330 e. The van der Waals surface area contributed by atoms with Gasteiger partial charge >= 0.3 is 5.69 Å². The lowest BCUT2D eigenvalue weighted by Crippen LogP contribution is -2.37. The Labute approximate surface area is 119 Å². The molecule has 0 amide bonds. The van der Waals surface area contributed by atoms with E-state index in [1.807, 2.05) is 20.8 Å². The molecule has 1 rings (SSSR count). The van der Waals surface area contributed by atoms with Crippen LogP contribution in [0.4, 0.5) is 11.5 Å². The van der Waals surface area contributed by atoms with Crippen molar-refractivity contribution < 1.29 is 0 Å². The lowest BCUT2D eigenvalue weighted by Gasteiger charge is -2.23. The van der Waals surface area contributed by atoms with Crippen LogP contribution in [0.1, 0.15) is 41.0 Å². The zero-order valence-corrected chi connectivity index (χ0v) is 13.0. The van der Waals surface area contributed by atoms with E-state index in [1.165, 1.54) is 4.57 Å². The molecule has 0 aliphatic rings. The Hall–Kier alpha value is -1.72. The normalized spacial score (nSPS) is 12.9. The largest absolute Gasteiger partial charge is 0.383 e. The molecule has 1 atom stereocenters. The zero-order valence-electron chi connectivity index (χ0n) is 13.0. The molecule has 0 aliphatic carbocycles. The van der Waals surface area contributed by atoms with Crippen molar-refractivity contribution in [3.05, 3.63) is 20.8 Å². The van der Waals surface area contributed by atoms with E-state index >= 15 is 0 Å². The number of H-pyrrole nitrogens is 1. The van der Waals surface area contributed by atoms with Gasteiger partial charge in [0.05, 0.1) is 0 Å². The van der Waals surface area contributed by atoms with E-state index in [-0.39, 0.29) is 17.8 Å². The molecule has 1 aromatic heterocycles. The number of nitrogens with two attached hydrogens (primary N) is 1. The number of nitrogen functional groups attached to an aromatic ring is 1. The van der Waals surface area contributed by atoms with Gasteiger partial charge in [-0.3, -0.25) is 14.3 Å². The van der Waals surface area contributed by atoms with Crippen LogP contribution >= 0.6 is 0 Å². The van der Waals surface area contributed by atoms with Crippen LogP contribution < -0.4 is 22.3 Å². The van der Waals surface area contributed by atoms with Gasteiger partial charge in [0.2, 0.25) is 0 Å². The maximum atomic E-state index is 12.0. The SMILES string of the molecule is CCC(Nc1c(N)n(CC(C)C)c(=O)[nH]c1=O)C(C)C. The number of hydrogen-bond acceptors (Lipinski definition) is 4. The number of anilines is 2. The van der Waals surface area contributed by atoms with Gasteiger partial charge in [0.15, 0.2) is 0 Å². The number of nitrogens with one attached hydrogen (secondary N) is 2. The standard InChI is InChI=1S/C14H26N4O2/c1-6-10(9(4)5)16-11-12(15)18(7-8(2)3)14(20)17-13(11)19/h8-10,16H,6-7,15H2,1-5H3,(H,17,19,20). The highest BCUT2D eigenvalue weighted by molar-refractivity contribution is 5.60. The molecule has 0 bridgehead atoms. The molecule has 6 nitrogen and oxygen atoms in total. The lowest BCUT2D eigenvalue weighted by molar-refractivity contribution is 0.499. The third-order valence-corrected chi connectivity index (χ3v) is 3.36. The smallest absolute Gasteiger partial charge is 0.330 e. The van der Waals surface area contributed by atoms with Crippen LogP contribution in [0.2, 0.25) is 0 Å². The number of aromatic amines is 1. The fourth-order valence-electron chi connectivity index (χ4n) is 2.20. The van der Waals surface area contributed by atoms with Gasteiger partial charge < -0.3 is 11.1 Å². The number of hydrogen-bond donors (Lipinski definition) is 3. The molecular weight excluding hydrogens is 256 g/mol. The summed E-state index contributed by atoms with van der Waals surface area (Å²) in [5.74, 6) is 0.844. The second-order valence-corrected chi connectivity index (χ2v) is 5.93. The molecule has 0 aliphatic heterocycles. The van der Waals surface area contributed by atoms with Gasteiger partial charge in [-0.05, 0) is 18.3 Å². The van der Waals surface area contributed by atoms with Gasteiger partial charge in [-0.2, -0.15) is 0 Å². The van der Waals surface area contributed by atoms with Gasteiger partial charge in [0, 0.05) is 12.6 Å². The first-order valence-corrected chi connectivity index (χ1v) is 7.17. The Kier molecular flexibility index (Phi) is 5.42. The summed E-state index contributed by atoms with van der Waals surface area (Å²) < 4.78 is 1.42. The van der Waals surface area contributed by atoms with Gasteiger partial charge in [0.1, 0.15) is 11.5 Å². The van der Waals surface area contributed by atoms with Gasteiger partial charge in [-0.1, -0.05) is 34.6 Å². The van der Waals surface area contributed by atoms with Crippen molar-refractivity contribution in [3.63, 3.8) is 0 Å². The molecule has 0 fully saturated rings. The highest BCUT2D eigenvalue weighted by atomic mass is 16.2. The minimum Gasteiger partial charge on any atom is -0.383 e. The molecular formula is C14H26N4O2. The topological polar surface area (TPSA) is 92.9 Å². The average molecular weight is 282 g/mol. The molecule has 0 radical (unpaired) electrons. The predicted octanol–water partition coefficient (Wildman–Crippen LogP) is 1.62. The monoisotopic (exact) mass is 282 g/mol. The van der Waals surface area contributed by atoms with Gasteiger partial charge in [-0.25, -0.2) is 4.79 Å². The van der Waals surface area contributed by atoms with Gasteiger partial charge in [-0.15, -0.1) is 0 Å². The second-order valence-electron chi connectivity index (χ2n) is 5.93. The molecule has 0 aromatic carbocycles. The van der Waals surface area contributed by atoms with E-state index < -0.39 is 11.2 Å². The zero-order chi connectivity index (χ0) is 15.4. The molecule has 1 heterocycles. The van der Waals surface area contributed by atoms with Crippen molar-refractivity contribution in [1.82, 2.24) is 9.55 Å². The summed E-state index contributed by atoms with van der Waals surface area (Å²) in [4.78, 5) is 26.1. The Morgan fingerprint density at radius 3 is 2.30 bits per heavy atom. The molecule has 1 aromatic rings. The summed E-state index contributed by atoms with van der Waals surface area (Å²) in [6.45, 7) is 10.7. The third kappa shape index (κ3) is 3.65. The summed E-state index contributed by atoms with van der Waals surface area (Å²) in [5, 5.41) is 3.18. The second kappa shape index (κ2) is 6.63. The summed E-state index contributed by atoms with van der Waals surface area (Å²) in [6, 6.07) is 0.142. The minimum absolute atomic E-state index is 0.142. The number of rotatable bonds is 6. The van der Waals surface area contributed by atoms with Crippen LogP contribution in [0, 0.1) is 11.8 Å². The summed E-state index contributed by atoms with van der Waals surface area (Å²) in [6.07, 6.45) is 0.875. The van der Waals surface area contributed by atoms with Crippen molar-refractivity contribution in [2.45, 2.75) is 53.6 Å². The van der Waals surface area contributed by atoms with Crippen molar-refractivity contribution >= 4 is 11.5 Å². The fraction of sp³-hybridized carbons (Fsp3) is 0.714. The maximum absolute atomic E-state index is 12.0. The first-order chi connectivity index (χ1) is 9.27. The van der Waals surface area contributed by atoms with E-state index in [4.69, 9.17) is 5.73 Å². The lowest BCUT2D eigenvalue weighted by atomic mass is 10.0. The third-order valence-electron chi connectivity index (χ3n) is 3.36.